The van der Waals surface area contributed by atoms with Crippen LogP contribution in [0.25, 0.3) is 0 Å². The Hall–Kier alpha value is -2.16. The predicted octanol–water partition coefficient (Wildman–Crippen LogP) is 3.75. The van der Waals surface area contributed by atoms with E-state index in [0.717, 1.165) is 11.3 Å². The van der Waals surface area contributed by atoms with Crippen molar-refractivity contribution in [2.45, 2.75) is 6.54 Å². The van der Waals surface area contributed by atoms with Crippen LogP contribution in [0.2, 0.25) is 0 Å². The number of thiophene rings is 1. The zero-order valence-corrected chi connectivity index (χ0v) is 10.8. The van der Waals surface area contributed by atoms with E-state index in [9.17, 15) is 26.7 Å². The number of carboxylic acids is 1. The van der Waals surface area contributed by atoms with Crippen LogP contribution in [0.4, 0.5) is 27.6 Å². The van der Waals surface area contributed by atoms with Crippen LogP contribution >= 0.6 is 11.3 Å². The first-order valence-electron chi connectivity index (χ1n) is 5.39. The summed E-state index contributed by atoms with van der Waals surface area (Å²) in [6, 6.07) is 1.23. The smallest absolute Gasteiger partial charge is 0.336 e. The number of anilines is 1. The molecule has 0 radical (unpaired) electrons. The van der Waals surface area contributed by atoms with Crippen molar-refractivity contribution in [2.24, 2.45) is 0 Å². The molecule has 0 aliphatic rings. The van der Waals surface area contributed by atoms with Gasteiger partial charge in [0.1, 0.15) is 5.69 Å². The van der Waals surface area contributed by atoms with Crippen molar-refractivity contribution in [2.75, 3.05) is 5.32 Å². The number of hydrogen-bond donors (Lipinski definition) is 2. The van der Waals surface area contributed by atoms with Gasteiger partial charge in [-0.3, -0.25) is 0 Å². The maximum atomic E-state index is 13.4. The summed E-state index contributed by atoms with van der Waals surface area (Å²) in [5.74, 6) is -11.5. The average Bonchev–Trinajstić information content (AvgIpc) is 2.92. The number of nitrogens with one attached hydrogen (secondary N) is 1. The van der Waals surface area contributed by atoms with E-state index in [1.54, 1.807) is 0 Å². The van der Waals surface area contributed by atoms with Gasteiger partial charge in [-0.25, -0.2) is 26.7 Å². The fourth-order valence-corrected chi connectivity index (χ4v) is 2.32. The highest BCUT2D eigenvalue weighted by atomic mass is 32.1. The third kappa shape index (κ3) is 2.82. The maximum Gasteiger partial charge on any atom is 0.336 e. The number of carboxylic acid groups (broad SMARTS) is 1. The number of halogens is 5. The second-order valence-electron chi connectivity index (χ2n) is 3.91. The van der Waals surface area contributed by atoms with Crippen LogP contribution in [0.15, 0.2) is 11.4 Å². The van der Waals surface area contributed by atoms with Crippen LogP contribution < -0.4 is 5.32 Å². The van der Waals surface area contributed by atoms with E-state index in [1.165, 1.54) is 11.4 Å². The van der Waals surface area contributed by atoms with Crippen LogP contribution in [0, 0.1) is 29.1 Å². The predicted molar refractivity (Wildman–Crippen MR) is 64.8 cm³/mol. The first kappa shape index (κ1) is 15.2. The molecule has 2 rings (SSSR count). The van der Waals surface area contributed by atoms with Crippen LogP contribution in [0.5, 0.6) is 0 Å². The van der Waals surface area contributed by atoms with Gasteiger partial charge in [0.25, 0.3) is 0 Å². The van der Waals surface area contributed by atoms with Crippen molar-refractivity contribution in [3.8, 4) is 0 Å². The van der Waals surface area contributed by atoms with Gasteiger partial charge in [-0.05, 0) is 6.07 Å². The Morgan fingerprint density at radius 3 is 2.05 bits per heavy atom. The molecule has 1 aromatic carbocycles. The first-order valence-corrected chi connectivity index (χ1v) is 6.27. The molecule has 0 atom stereocenters. The number of rotatable bonds is 4. The van der Waals surface area contributed by atoms with E-state index in [1.807, 2.05) is 0 Å². The van der Waals surface area contributed by atoms with Gasteiger partial charge < -0.3 is 10.4 Å². The highest BCUT2D eigenvalue weighted by Crippen LogP contribution is 2.28. The normalized spacial score (nSPS) is 10.7. The Balaban J connectivity index is 2.26. The molecule has 0 fully saturated rings. The Bertz CT molecular complexity index is 687. The first-order chi connectivity index (χ1) is 9.82. The third-order valence-corrected chi connectivity index (χ3v) is 3.49. The van der Waals surface area contributed by atoms with Gasteiger partial charge >= 0.3 is 5.97 Å². The van der Waals surface area contributed by atoms with E-state index < -0.39 is 40.7 Å². The molecular formula is C12H6F5NO2S. The summed E-state index contributed by atoms with van der Waals surface area (Å²) in [6.45, 7) is -0.281. The Kier molecular flexibility index (Phi) is 4.12. The summed E-state index contributed by atoms with van der Waals surface area (Å²) in [6.07, 6.45) is 0. The quantitative estimate of drug-likeness (QED) is 0.512. The lowest BCUT2D eigenvalue weighted by Gasteiger charge is -2.09. The van der Waals surface area contributed by atoms with Crippen LogP contribution in [-0.2, 0) is 6.54 Å². The Morgan fingerprint density at radius 1 is 1.05 bits per heavy atom. The number of benzene rings is 1. The fourth-order valence-electron chi connectivity index (χ4n) is 1.52. The molecule has 0 amide bonds. The van der Waals surface area contributed by atoms with E-state index in [4.69, 9.17) is 5.11 Å². The van der Waals surface area contributed by atoms with Gasteiger partial charge in [0.05, 0.1) is 5.56 Å². The lowest BCUT2D eigenvalue weighted by molar-refractivity contribution is 0.0697. The molecule has 0 saturated heterocycles. The lowest BCUT2D eigenvalue weighted by atomic mass is 10.2. The molecule has 2 aromatic rings. The molecule has 0 spiro atoms. The number of carbonyl (C=O) groups is 1. The molecule has 0 aliphatic carbocycles. The van der Waals surface area contributed by atoms with E-state index in [-0.39, 0.29) is 12.1 Å². The molecule has 0 unspecified atom stereocenters. The Labute approximate surface area is 118 Å². The van der Waals surface area contributed by atoms with E-state index in [0.29, 0.717) is 4.88 Å². The van der Waals surface area contributed by atoms with Crippen molar-refractivity contribution >= 4 is 23.0 Å². The molecule has 0 saturated carbocycles. The molecule has 0 aliphatic heterocycles. The van der Waals surface area contributed by atoms with Gasteiger partial charge in [-0.1, -0.05) is 0 Å². The van der Waals surface area contributed by atoms with E-state index >= 15 is 0 Å². The summed E-state index contributed by atoms with van der Waals surface area (Å²) < 4.78 is 65.5. The zero-order valence-electron chi connectivity index (χ0n) is 10.0. The van der Waals surface area contributed by atoms with Gasteiger partial charge in [-0.15, -0.1) is 11.3 Å². The minimum absolute atomic E-state index is 0.0331. The molecule has 9 heteroatoms. The average molecular weight is 323 g/mol. The van der Waals surface area contributed by atoms with E-state index in [2.05, 4.69) is 5.32 Å². The molecule has 21 heavy (non-hydrogen) atoms. The van der Waals surface area contributed by atoms with Gasteiger partial charge in [-0.2, -0.15) is 0 Å². The SMILES string of the molecule is O=C(O)c1csc(CNc2c(F)c(F)c(F)c(F)c2F)c1. The maximum absolute atomic E-state index is 13.4. The summed E-state index contributed by atoms with van der Waals surface area (Å²) in [7, 11) is 0. The second-order valence-corrected chi connectivity index (χ2v) is 4.90. The summed E-state index contributed by atoms with van der Waals surface area (Å²) in [4.78, 5) is 11.0. The molecule has 2 N–H and O–H groups in total. The van der Waals surface area contributed by atoms with Crippen molar-refractivity contribution in [3.05, 3.63) is 51.0 Å². The van der Waals surface area contributed by atoms with Crippen LogP contribution in [0.1, 0.15) is 15.2 Å². The van der Waals surface area contributed by atoms with Crippen molar-refractivity contribution < 1.29 is 31.9 Å². The summed E-state index contributed by atoms with van der Waals surface area (Å²) >= 11 is 0.971. The molecule has 1 heterocycles. The highest BCUT2D eigenvalue weighted by Gasteiger charge is 2.25. The zero-order chi connectivity index (χ0) is 15.7. The third-order valence-electron chi connectivity index (χ3n) is 2.55. The van der Waals surface area contributed by atoms with Crippen molar-refractivity contribution in [1.29, 1.82) is 0 Å². The topological polar surface area (TPSA) is 49.3 Å². The Morgan fingerprint density at radius 2 is 1.57 bits per heavy atom. The summed E-state index contributed by atoms with van der Waals surface area (Å²) in [5.41, 5.74) is -1.19. The van der Waals surface area contributed by atoms with Crippen LogP contribution in [-0.4, -0.2) is 11.1 Å². The lowest BCUT2D eigenvalue weighted by Crippen LogP contribution is -2.09. The molecule has 1 aromatic heterocycles. The summed E-state index contributed by atoms with van der Waals surface area (Å²) in [5, 5.41) is 12.1. The minimum Gasteiger partial charge on any atom is -0.478 e. The fraction of sp³-hybridized carbons (Fsp3) is 0.0833. The second kappa shape index (κ2) is 5.68. The molecule has 112 valence electrons. The minimum atomic E-state index is -2.24. The van der Waals surface area contributed by atoms with Gasteiger partial charge in [0.2, 0.25) is 5.82 Å². The van der Waals surface area contributed by atoms with Crippen molar-refractivity contribution in [3.63, 3.8) is 0 Å². The number of hydrogen-bond acceptors (Lipinski definition) is 3. The molecule has 0 bridgehead atoms. The monoisotopic (exact) mass is 323 g/mol. The molecular weight excluding hydrogens is 317 g/mol. The van der Waals surface area contributed by atoms with Gasteiger partial charge in [0, 0.05) is 16.8 Å². The highest BCUT2D eigenvalue weighted by molar-refractivity contribution is 7.10. The van der Waals surface area contributed by atoms with Crippen LogP contribution in [0.3, 0.4) is 0 Å². The standard InChI is InChI=1S/C12H6F5NO2S/c13-6-7(14)9(16)11(10(17)8(6)15)18-2-5-1-4(3-21-5)12(19)20/h1,3,18H,2H2,(H,19,20). The number of aromatic carboxylic acids is 1. The molecule has 3 nitrogen and oxygen atoms in total. The van der Waals surface area contributed by atoms with Gasteiger partial charge in [0.15, 0.2) is 23.3 Å². The largest absolute Gasteiger partial charge is 0.478 e. The van der Waals surface area contributed by atoms with Crippen molar-refractivity contribution in [1.82, 2.24) is 0 Å².